The Morgan fingerprint density at radius 3 is 1.53 bits per heavy atom. The normalized spacial score (nSPS) is 11.6. The number of thiophene rings is 1. The van der Waals surface area contributed by atoms with E-state index in [0.29, 0.717) is 0 Å². The molecule has 1 aromatic heterocycles. The minimum Gasteiger partial charge on any atom is -0.135 e. The molecular weight excluding hydrogens is 561 g/mol. The molecule has 1 heteroatoms. The van der Waals surface area contributed by atoms with Gasteiger partial charge in [-0.2, -0.15) is 0 Å². The van der Waals surface area contributed by atoms with Gasteiger partial charge in [0.2, 0.25) is 0 Å². The van der Waals surface area contributed by atoms with Crippen molar-refractivity contribution < 1.29 is 0 Å². The molecule has 0 spiro atoms. The van der Waals surface area contributed by atoms with E-state index in [9.17, 15) is 0 Å². The van der Waals surface area contributed by atoms with Crippen molar-refractivity contribution in [1.29, 1.82) is 0 Å². The Labute approximate surface area is 266 Å². The Balaban J connectivity index is 1.21. The highest BCUT2D eigenvalue weighted by atomic mass is 32.1. The molecule has 9 aromatic rings. The second kappa shape index (κ2) is 10.6. The molecule has 0 aliphatic carbocycles. The van der Waals surface area contributed by atoms with Crippen LogP contribution in [0.3, 0.4) is 0 Å². The van der Waals surface area contributed by atoms with Crippen LogP contribution in [-0.2, 0) is 0 Å². The van der Waals surface area contributed by atoms with Crippen molar-refractivity contribution in [3.8, 4) is 44.5 Å². The number of hydrogen-bond acceptors (Lipinski definition) is 1. The number of rotatable bonds is 4. The molecule has 0 aliphatic rings. The van der Waals surface area contributed by atoms with Crippen LogP contribution in [-0.4, -0.2) is 0 Å². The van der Waals surface area contributed by atoms with Crippen LogP contribution in [0.4, 0.5) is 0 Å². The maximum atomic E-state index is 2.40. The summed E-state index contributed by atoms with van der Waals surface area (Å²) in [6, 6.07) is 62.2. The van der Waals surface area contributed by atoms with Crippen molar-refractivity contribution >= 4 is 53.1 Å². The third-order valence-corrected chi connectivity index (χ3v) is 10.2. The first-order chi connectivity index (χ1) is 22.3. The zero-order chi connectivity index (χ0) is 29.7. The van der Waals surface area contributed by atoms with Gasteiger partial charge in [-0.05, 0) is 97.1 Å². The minimum atomic E-state index is 1.22. The van der Waals surface area contributed by atoms with Gasteiger partial charge in [-0.1, -0.05) is 133 Å². The number of benzene rings is 8. The smallest absolute Gasteiger partial charge is 0.0440 e. The molecule has 0 unspecified atom stereocenters. The first-order valence-corrected chi connectivity index (χ1v) is 16.2. The second-order valence-corrected chi connectivity index (χ2v) is 12.8. The highest BCUT2D eigenvalue weighted by molar-refractivity contribution is 7.26. The lowest BCUT2D eigenvalue weighted by molar-refractivity contribution is 1.56. The van der Waals surface area contributed by atoms with Crippen molar-refractivity contribution in [1.82, 2.24) is 0 Å². The van der Waals surface area contributed by atoms with Crippen molar-refractivity contribution in [3.63, 3.8) is 0 Å². The van der Waals surface area contributed by atoms with Gasteiger partial charge >= 0.3 is 0 Å². The van der Waals surface area contributed by atoms with Crippen LogP contribution in [0.2, 0.25) is 0 Å². The van der Waals surface area contributed by atoms with Gasteiger partial charge in [-0.25, -0.2) is 0 Å². The summed E-state index contributed by atoms with van der Waals surface area (Å²) >= 11 is 1.91. The first-order valence-electron chi connectivity index (χ1n) is 15.4. The predicted octanol–water partition coefficient (Wildman–Crippen LogP) is 13.0. The average molecular weight is 589 g/mol. The van der Waals surface area contributed by atoms with E-state index in [1.807, 2.05) is 11.3 Å². The Morgan fingerprint density at radius 1 is 0.289 bits per heavy atom. The molecule has 0 bridgehead atoms. The molecule has 0 fully saturated rings. The Morgan fingerprint density at radius 2 is 0.800 bits per heavy atom. The molecule has 0 radical (unpaired) electrons. The largest absolute Gasteiger partial charge is 0.135 e. The van der Waals surface area contributed by atoms with Gasteiger partial charge in [0.25, 0.3) is 0 Å². The fourth-order valence-electron chi connectivity index (χ4n) is 6.77. The number of hydrogen-bond donors (Lipinski definition) is 0. The molecule has 45 heavy (non-hydrogen) atoms. The van der Waals surface area contributed by atoms with E-state index < -0.39 is 0 Å². The summed E-state index contributed by atoms with van der Waals surface area (Å²) in [6.45, 7) is 0. The maximum Gasteiger partial charge on any atom is 0.0440 e. The Bertz CT molecular complexity index is 2460. The van der Waals surface area contributed by atoms with Crippen LogP contribution in [0.1, 0.15) is 0 Å². The summed E-state index contributed by atoms with van der Waals surface area (Å²) in [6.07, 6.45) is 0. The number of fused-ring (bicyclic) bond motifs is 7. The molecule has 0 nitrogen and oxygen atoms in total. The van der Waals surface area contributed by atoms with Crippen LogP contribution in [0.25, 0.3) is 86.2 Å². The summed E-state index contributed by atoms with van der Waals surface area (Å²) in [7, 11) is 0. The molecule has 8 aromatic carbocycles. The van der Waals surface area contributed by atoms with E-state index in [0.717, 1.165) is 0 Å². The van der Waals surface area contributed by atoms with Crippen LogP contribution < -0.4 is 0 Å². The van der Waals surface area contributed by atoms with Gasteiger partial charge in [-0.15, -0.1) is 11.3 Å². The van der Waals surface area contributed by atoms with Crippen LogP contribution >= 0.6 is 11.3 Å². The van der Waals surface area contributed by atoms with Crippen molar-refractivity contribution in [2.24, 2.45) is 0 Å². The van der Waals surface area contributed by atoms with Gasteiger partial charge in [0, 0.05) is 25.6 Å². The average Bonchev–Trinajstić information content (AvgIpc) is 3.51. The van der Waals surface area contributed by atoms with Gasteiger partial charge in [0.1, 0.15) is 0 Å². The topological polar surface area (TPSA) is 0 Å². The van der Waals surface area contributed by atoms with Crippen LogP contribution in [0.5, 0.6) is 0 Å². The summed E-state index contributed by atoms with van der Waals surface area (Å²) < 4.78 is 2.71. The lowest BCUT2D eigenvalue weighted by atomic mass is 9.91. The summed E-state index contributed by atoms with van der Waals surface area (Å²) in [5, 5.41) is 7.91. The summed E-state index contributed by atoms with van der Waals surface area (Å²) in [5.74, 6) is 0. The van der Waals surface area contributed by atoms with Crippen LogP contribution in [0, 0.1) is 0 Å². The SMILES string of the molecule is c1ccc(-c2cc(-c3ccccc3)cc(-c3cccc(-c4ccc5ccc6ccc7c8ccccc8sc7c6c5c4)c3)c2)cc1. The van der Waals surface area contributed by atoms with Gasteiger partial charge in [0.15, 0.2) is 0 Å². The summed E-state index contributed by atoms with van der Waals surface area (Å²) in [5.41, 5.74) is 9.79. The fraction of sp³-hybridized carbons (Fsp3) is 0. The monoisotopic (exact) mass is 588 g/mol. The van der Waals surface area contributed by atoms with Crippen molar-refractivity contribution in [2.75, 3.05) is 0 Å². The molecule has 0 atom stereocenters. The molecule has 0 amide bonds. The highest BCUT2D eigenvalue weighted by Crippen LogP contribution is 2.42. The lowest BCUT2D eigenvalue weighted by Gasteiger charge is -2.13. The minimum absolute atomic E-state index is 1.22. The second-order valence-electron chi connectivity index (χ2n) is 11.8. The molecule has 9 rings (SSSR count). The van der Waals surface area contributed by atoms with Gasteiger partial charge < -0.3 is 0 Å². The lowest BCUT2D eigenvalue weighted by Crippen LogP contribution is -1.87. The quantitative estimate of drug-likeness (QED) is 0.179. The van der Waals surface area contributed by atoms with E-state index in [1.165, 1.54) is 86.2 Å². The molecule has 210 valence electrons. The zero-order valence-electron chi connectivity index (χ0n) is 24.6. The van der Waals surface area contributed by atoms with Gasteiger partial charge in [-0.3, -0.25) is 0 Å². The molecule has 1 heterocycles. The van der Waals surface area contributed by atoms with E-state index in [2.05, 4.69) is 170 Å². The van der Waals surface area contributed by atoms with Crippen molar-refractivity contribution in [3.05, 3.63) is 170 Å². The highest BCUT2D eigenvalue weighted by Gasteiger charge is 2.13. The van der Waals surface area contributed by atoms with Gasteiger partial charge in [0.05, 0.1) is 0 Å². The molecular formula is C44H28S. The maximum absolute atomic E-state index is 2.40. The standard InChI is InChI=1S/C44H28S/c1-3-10-29(11-4-1)36-25-37(30-12-5-2-6-13-30)27-38(26-36)34-15-9-14-33(24-34)35-21-19-31-18-20-32-22-23-40-39-16-7-8-17-42(39)45-44(40)43(32)41(31)28-35/h1-28H. The zero-order valence-corrected chi connectivity index (χ0v) is 25.4. The molecule has 0 saturated carbocycles. The first kappa shape index (κ1) is 25.9. The van der Waals surface area contributed by atoms with E-state index in [1.54, 1.807) is 0 Å². The van der Waals surface area contributed by atoms with Crippen molar-refractivity contribution in [2.45, 2.75) is 0 Å². The molecule has 0 N–H and O–H groups in total. The van der Waals surface area contributed by atoms with E-state index >= 15 is 0 Å². The third kappa shape index (κ3) is 4.52. The fourth-order valence-corrected chi connectivity index (χ4v) is 8.04. The third-order valence-electron chi connectivity index (χ3n) is 9.02. The molecule has 0 aliphatic heterocycles. The van der Waals surface area contributed by atoms with E-state index in [4.69, 9.17) is 0 Å². The molecule has 0 saturated heterocycles. The Kier molecular flexibility index (Phi) is 6.11. The van der Waals surface area contributed by atoms with E-state index in [-0.39, 0.29) is 0 Å². The summed E-state index contributed by atoms with van der Waals surface area (Å²) in [4.78, 5) is 0. The van der Waals surface area contributed by atoms with Crippen LogP contribution in [0.15, 0.2) is 170 Å². The Hall–Kier alpha value is -5.50. The predicted molar refractivity (Wildman–Crippen MR) is 196 cm³/mol.